The van der Waals surface area contributed by atoms with Crippen LogP contribution < -0.4 is 0 Å². The average molecular weight is 223 g/mol. The molecule has 0 aliphatic carbocycles. The number of hydrogen-bond acceptors (Lipinski definition) is 4. The summed E-state index contributed by atoms with van der Waals surface area (Å²) < 4.78 is 0. The van der Waals surface area contributed by atoms with Crippen molar-refractivity contribution in [3.05, 3.63) is 23.8 Å². The van der Waals surface area contributed by atoms with E-state index in [4.69, 9.17) is 5.11 Å². The maximum Gasteiger partial charge on any atom is 0.257 e. The first-order valence-corrected chi connectivity index (χ1v) is 5.07. The Kier molecular flexibility index (Phi) is 2.70. The van der Waals surface area contributed by atoms with Gasteiger partial charge in [0.1, 0.15) is 11.5 Å². The minimum absolute atomic E-state index is 0.0875. The minimum atomic E-state index is -0.483. The van der Waals surface area contributed by atoms with Gasteiger partial charge >= 0.3 is 0 Å². The van der Waals surface area contributed by atoms with E-state index in [9.17, 15) is 15.0 Å². The Morgan fingerprint density at radius 3 is 2.69 bits per heavy atom. The lowest BCUT2D eigenvalue weighted by atomic mass is 10.1. The molecule has 1 aliphatic heterocycles. The van der Waals surface area contributed by atoms with Crippen LogP contribution in [0.3, 0.4) is 0 Å². The summed E-state index contributed by atoms with van der Waals surface area (Å²) in [5, 5.41) is 27.9. The fourth-order valence-corrected chi connectivity index (χ4v) is 1.80. The summed E-state index contributed by atoms with van der Waals surface area (Å²) in [6.45, 7) is 0.777. The molecule has 2 rings (SSSR count). The van der Waals surface area contributed by atoms with Gasteiger partial charge in [-0.2, -0.15) is 0 Å². The van der Waals surface area contributed by atoms with Crippen molar-refractivity contribution < 1.29 is 20.1 Å². The number of phenolic OH excluding ortho intramolecular Hbond substituents is 2. The maximum absolute atomic E-state index is 11.9. The van der Waals surface area contributed by atoms with Crippen LogP contribution in [-0.2, 0) is 0 Å². The number of nitrogens with zero attached hydrogens (tertiary/aromatic N) is 1. The van der Waals surface area contributed by atoms with E-state index in [1.165, 1.54) is 17.0 Å². The molecule has 5 heteroatoms. The zero-order valence-corrected chi connectivity index (χ0v) is 8.63. The second kappa shape index (κ2) is 4.02. The molecule has 1 aromatic carbocycles. The highest BCUT2D eigenvalue weighted by atomic mass is 16.3. The van der Waals surface area contributed by atoms with E-state index in [0.717, 1.165) is 6.07 Å². The Labute approximate surface area is 92.6 Å². The van der Waals surface area contributed by atoms with Crippen LogP contribution in [0, 0.1) is 0 Å². The molecule has 0 radical (unpaired) electrons. The molecule has 0 saturated carbocycles. The highest BCUT2D eigenvalue weighted by Crippen LogP contribution is 2.25. The largest absolute Gasteiger partial charge is 0.508 e. The van der Waals surface area contributed by atoms with E-state index in [1.807, 2.05) is 0 Å². The molecule has 16 heavy (non-hydrogen) atoms. The number of benzene rings is 1. The third kappa shape index (κ3) is 1.94. The normalized spacial score (nSPS) is 20.1. The lowest BCUT2D eigenvalue weighted by Gasteiger charge is -2.16. The van der Waals surface area contributed by atoms with Crippen LogP contribution in [0.4, 0.5) is 0 Å². The number of rotatable bonds is 1. The molecular weight excluding hydrogens is 210 g/mol. The van der Waals surface area contributed by atoms with Gasteiger partial charge in [-0.25, -0.2) is 0 Å². The number of β-amino-alcohol motifs (C(OH)–C–C–N with tert-alkyl or cyclic N) is 1. The first-order chi connectivity index (χ1) is 7.58. The molecule has 1 amide bonds. The Bertz CT molecular complexity index is 418. The number of carbonyl (C=O) groups excluding carboxylic acids is 1. The third-order valence-electron chi connectivity index (χ3n) is 2.66. The monoisotopic (exact) mass is 223 g/mol. The second-order valence-corrected chi connectivity index (χ2v) is 3.90. The predicted molar refractivity (Wildman–Crippen MR) is 56.3 cm³/mol. The van der Waals surface area contributed by atoms with Crippen LogP contribution in [-0.4, -0.2) is 45.3 Å². The van der Waals surface area contributed by atoms with Crippen LogP contribution in [0.1, 0.15) is 16.8 Å². The molecule has 1 aliphatic rings. The van der Waals surface area contributed by atoms with Gasteiger partial charge in [0.25, 0.3) is 5.91 Å². The molecule has 0 spiro atoms. The SMILES string of the molecule is O=C(c1ccc(O)cc1O)N1CCC(O)C1. The Balaban J connectivity index is 2.21. The van der Waals surface area contributed by atoms with Crippen LogP contribution >= 0.6 is 0 Å². The van der Waals surface area contributed by atoms with E-state index in [0.29, 0.717) is 19.5 Å². The number of phenols is 2. The molecule has 0 aromatic heterocycles. The summed E-state index contributed by atoms with van der Waals surface area (Å²) in [7, 11) is 0. The molecule has 1 aromatic rings. The smallest absolute Gasteiger partial charge is 0.257 e. The number of amides is 1. The van der Waals surface area contributed by atoms with Gasteiger partial charge in [0, 0.05) is 19.2 Å². The number of hydrogen-bond donors (Lipinski definition) is 3. The zero-order valence-electron chi connectivity index (χ0n) is 8.63. The first kappa shape index (κ1) is 10.8. The summed E-state index contributed by atoms with van der Waals surface area (Å²) in [5.74, 6) is -0.657. The number of aliphatic hydroxyl groups is 1. The van der Waals surface area contributed by atoms with E-state index in [-0.39, 0.29) is 23.0 Å². The van der Waals surface area contributed by atoms with Gasteiger partial charge in [0.15, 0.2) is 0 Å². The van der Waals surface area contributed by atoms with Crippen molar-refractivity contribution in [3.63, 3.8) is 0 Å². The number of aliphatic hydroxyl groups excluding tert-OH is 1. The highest BCUT2D eigenvalue weighted by molar-refractivity contribution is 5.97. The van der Waals surface area contributed by atoms with Gasteiger partial charge in [-0.3, -0.25) is 4.79 Å². The van der Waals surface area contributed by atoms with E-state index >= 15 is 0 Å². The van der Waals surface area contributed by atoms with Crippen LogP contribution in [0.5, 0.6) is 11.5 Å². The van der Waals surface area contributed by atoms with Crippen molar-refractivity contribution >= 4 is 5.91 Å². The van der Waals surface area contributed by atoms with Gasteiger partial charge in [-0.15, -0.1) is 0 Å². The van der Waals surface area contributed by atoms with Crippen LogP contribution in [0.2, 0.25) is 0 Å². The van der Waals surface area contributed by atoms with Gasteiger partial charge in [0.2, 0.25) is 0 Å². The van der Waals surface area contributed by atoms with Crippen molar-refractivity contribution in [2.75, 3.05) is 13.1 Å². The fraction of sp³-hybridized carbons (Fsp3) is 0.364. The van der Waals surface area contributed by atoms with E-state index in [1.54, 1.807) is 0 Å². The minimum Gasteiger partial charge on any atom is -0.508 e. The predicted octanol–water partition coefficient (Wildman–Crippen LogP) is 0.305. The van der Waals surface area contributed by atoms with E-state index < -0.39 is 6.10 Å². The zero-order chi connectivity index (χ0) is 11.7. The fourth-order valence-electron chi connectivity index (χ4n) is 1.80. The standard InChI is InChI=1S/C11H13NO4/c13-7-1-2-9(10(15)5-7)11(16)12-4-3-8(14)6-12/h1-2,5,8,13-15H,3-4,6H2. The molecule has 3 N–H and O–H groups in total. The second-order valence-electron chi connectivity index (χ2n) is 3.90. The van der Waals surface area contributed by atoms with Crippen molar-refractivity contribution in [1.29, 1.82) is 0 Å². The van der Waals surface area contributed by atoms with Crippen LogP contribution in [0.25, 0.3) is 0 Å². The summed E-state index contributed by atoms with van der Waals surface area (Å²) in [4.78, 5) is 13.4. The number of carbonyl (C=O) groups is 1. The topological polar surface area (TPSA) is 81.0 Å². The Hall–Kier alpha value is -1.75. The lowest BCUT2D eigenvalue weighted by molar-refractivity contribution is 0.0762. The molecule has 1 fully saturated rings. The third-order valence-corrected chi connectivity index (χ3v) is 2.66. The van der Waals surface area contributed by atoms with Crippen molar-refractivity contribution in [3.8, 4) is 11.5 Å². The molecule has 5 nitrogen and oxygen atoms in total. The molecule has 0 bridgehead atoms. The van der Waals surface area contributed by atoms with Gasteiger partial charge in [-0.05, 0) is 18.6 Å². The summed E-state index contributed by atoms with van der Waals surface area (Å²) in [5.41, 5.74) is 0.145. The quantitative estimate of drug-likeness (QED) is 0.639. The molecule has 1 atom stereocenters. The lowest BCUT2D eigenvalue weighted by Crippen LogP contribution is -2.29. The highest BCUT2D eigenvalue weighted by Gasteiger charge is 2.26. The summed E-state index contributed by atoms with van der Waals surface area (Å²) in [6.07, 6.45) is 0.0770. The molecule has 1 heterocycles. The van der Waals surface area contributed by atoms with Crippen LogP contribution in [0.15, 0.2) is 18.2 Å². The first-order valence-electron chi connectivity index (χ1n) is 5.07. The van der Waals surface area contributed by atoms with Gasteiger partial charge < -0.3 is 20.2 Å². The number of aromatic hydroxyl groups is 2. The Morgan fingerprint density at radius 2 is 2.12 bits per heavy atom. The Morgan fingerprint density at radius 1 is 1.38 bits per heavy atom. The van der Waals surface area contributed by atoms with Crippen molar-refractivity contribution in [2.45, 2.75) is 12.5 Å². The van der Waals surface area contributed by atoms with Crippen molar-refractivity contribution in [2.24, 2.45) is 0 Å². The van der Waals surface area contributed by atoms with Crippen molar-refractivity contribution in [1.82, 2.24) is 4.90 Å². The van der Waals surface area contributed by atoms with Gasteiger partial charge in [0.05, 0.1) is 11.7 Å². The molecular formula is C11H13NO4. The molecule has 1 saturated heterocycles. The molecule has 1 unspecified atom stereocenters. The summed E-state index contributed by atoms with van der Waals surface area (Å²) in [6, 6.07) is 3.84. The average Bonchev–Trinajstić information content (AvgIpc) is 2.64. The maximum atomic E-state index is 11.9. The van der Waals surface area contributed by atoms with E-state index in [2.05, 4.69) is 0 Å². The van der Waals surface area contributed by atoms with Gasteiger partial charge in [-0.1, -0.05) is 0 Å². The number of likely N-dealkylation sites (tertiary alicyclic amines) is 1. The molecule has 86 valence electrons. The summed E-state index contributed by atoms with van der Waals surface area (Å²) >= 11 is 0.